The Labute approximate surface area is 195 Å². The molecule has 5 nitrogen and oxygen atoms in total. The number of hydrazone groups is 1. The van der Waals surface area contributed by atoms with Gasteiger partial charge in [-0.05, 0) is 58.2 Å². The Morgan fingerprint density at radius 2 is 1.81 bits per heavy atom. The van der Waals surface area contributed by atoms with Crippen molar-refractivity contribution in [1.29, 1.82) is 0 Å². The molecule has 0 saturated carbocycles. The maximum Gasteiger partial charge on any atom is 0.253 e. The normalized spacial score (nSPS) is 11.8. The van der Waals surface area contributed by atoms with Crippen LogP contribution in [0.25, 0.3) is 0 Å². The standard InChI is InChI=1S/C24H23BrN2O3S/c1-17(31-20-11-7-4-8-12-20)24(28)27-26-15-19-13-21(25)23(22(14-19)29-2)30-16-18-9-5-3-6-10-18/h3-15,17H,16H2,1-2H3,(H,27,28)/b26-15-/t17-/m1/s1. The van der Waals surface area contributed by atoms with Crippen LogP contribution in [0.1, 0.15) is 18.1 Å². The first-order valence-corrected chi connectivity index (χ1v) is 11.3. The van der Waals surface area contributed by atoms with Gasteiger partial charge in [0.1, 0.15) is 6.61 Å². The Morgan fingerprint density at radius 3 is 2.48 bits per heavy atom. The van der Waals surface area contributed by atoms with Crippen molar-refractivity contribution in [3.8, 4) is 11.5 Å². The van der Waals surface area contributed by atoms with Crippen LogP contribution in [0.2, 0.25) is 0 Å². The number of hydrogen-bond acceptors (Lipinski definition) is 5. The molecule has 0 heterocycles. The summed E-state index contributed by atoms with van der Waals surface area (Å²) in [5, 5.41) is 3.82. The number of ether oxygens (including phenoxy) is 2. The third-order valence-corrected chi connectivity index (χ3v) is 5.99. The molecular weight excluding hydrogens is 476 g/mol. The van der Waals surface area contributed by atoms with Crippen molar-refractivity contribution in [3.63, 3.8) is 0 Å². The van der Waals surface area contributed by atoms with Crippen LogP contribution < -0.4 is 14.9 Å². The van der Waals surface area contributed by atoms with Crippen molar-refractivity contribution in [1.82, 2.24) is 5.43 Å². The van der Waals surface area contributed by atoms with Gasteiger partial charge in [-0.3, -0.25) is 4.79 Å². The van der Waals surface area contributed by atoms with Crippen LogP contribution in [0.3, 0.4) is 0 Å². The molecule has 3 aromatic rings. The molecule has 3 rings (SSSR count). The van der Waals surface area contributed by atoms with Gasteiger partial charge in [0.15, 0.2) is 11.5 Å². The zero-order valence-corrected chi connectivity index (χ0v) is 19.7. The van der Waals surface area contributed by atoms with Crippen molar-refractivity contribution >= 4 is 39.8 Å². The average molecular weight is 499 g/mol. The van der Waals surface area contributed by atoms with Crippen molar-refractivity contribution in [2.24, 2.45) is 5.10 Å². The number of methoxy groups -OCH3 is 1. The third kappa shape index (κ3) is 6.87. The quantitative estimate of drug-likeness (QED) is 0.234. The Hall–Kier alpha value is -2.77. The van der Waals surface area contributed by atoms with Gasteiger partial charge in [0, 0.05) is 4.90 Å². The van der Waals surface area contributed by atoms with Gasteiger partial charge in [-0.2, -0.15) is 5.10 Å². The third-order valence-electron chi connectivity index (χ3n) is 4.29. The number of carbonyl (C=O) groups is 1. The second kappa shape index (κ2) is 11.6. The van der Waals surface area contributed by atoms with Crippen LogP contribution >= 0.6 is 27.7 Å². The van der Waals surface area contributed by atoms with E-state index in [9.17, 15) is 4.79 Å². The van der Waals surface area contributed by atoms with Gasteiger partial charge < -0.3 is 9.47 Å². The summed E-state index contributed by atoms with van der Waals surface area (Å²) in [4.78, 5) is 13.3. The molecule has 0 aromatic heterocycles. The number of nitrogens with zero attached hydrogens (tertiary/aromatic N) is 1. The summed E-state index contributed by atoms with van der Waals surface area (Å²) < 4.78 is 12.2. The Kier molecular flexibility index (Phi) is 8.55. The number of halogens is 1. The molecule has 31 heavy (non-hydrogen) atoms. The SMILES string of the molecule is COc1cc(/C=N\NC(=O)[C@@H](C)Sc2ccccc2)cc(Br)c1OCc1ccccc1. The Bertz CT molecular complexity index is 1030. The summed E-state index contributed by atoms with van der Waals surface area (Å²) in [6.07, 6.45) is 1.58. The van der Waals surface area contributed by atoms with E-state index in [1.54, 1.807) is 13.3 Å². The van der Waals surface area contributed by atoms with E-state index in [-0.39, 0.29) is 11.2 Å². The highest BCUT2D eigenvalue weighted by Crippen LogP contribution is 2.36. The van der Waals surface area contributed by atoms with E-state index in [0.29, 0.717) is 18.1 Å². The van der Waals surface area contributed by atoms with Crippen LogP contribution in [0.15, 0.2) is 87.3 Å². The zero-order valence-electron chi connectivity index (χ0n) is 17.2. The first-order valence-electron chi connectivity index (χ1n) is 9.65. The van der Waals surface area contributed by atoms with Crippen molar-refractivity contribution in [2.45, 2.75) is 23.7 Å². The zero-order chi connectivity index (χ0) is 22.1. The number of benzene rings is 3. The minimum atomic E-state index is -0.269. The second-order valence-corrected chi connectivity index (χ2v) is 8.88. The molecule has 3 aromatic carbocycles. The van der Waals surface area contributed by atoms with Crippen LogP contribution in [0, 0.1) is 0 Å². The van der Waals surface area contributed by atoms with E-state index in [1.807, 2.05) is 79.7 Å². The maximum absolute atomic E-state index is 12.3. The number of hydrogen-bond donors (Lipinski definition) is 1. The van der Waals surface area contributed by atoms with E-state index in [1.165, 1.54) is 11.8 Å². The first kappa shape index (κ1) is 22.9. The van der Waals surface area contributed by atoms with Gasteiger partial charge in [0.25, 0.3) is 5.91 Å². The van der Waals surface area contributed by atoms with Gasteiger partial charge in [-0.25, -0.2) is 5.43 Å². The first-order chi connectivity index (χ1) is 15.1. The lowest BCUT2D eigenvalue weighted by Crippen LogP contribution is -2.26. The molecule has 0 radical (unpaired) electrons. The van der Waals surface area contributed by atoms with E-state index in [4.69, 9.17) is 9.47 Å². The molecule has 0 saturated heterocycles. The van der Waals surface area contributed by atoms with Crippen LogP contribution in [-0.2, 0) is 11.4 Å². The smallest absolute Gasteiger partial charge is 0.253 e. The van der Waals surface area contributed by atoms with Gasteiger partial charge in [0.2, 0.25) is 0 Å². The number of thioether (sulfide) groups is 1. The van der Waals surface area contributed by atoms with Crippen LogP contribution in [-0.4, -0.2) is 24.5 Å². The molecule has 0 unspecified atom stereocenters. The van der Waals surface area contributed by atoms with Crippen molar-refractivity contribution in [3.05, 3.63) is 88.4 Å². The lowest BCUT2D eigenvalue weighted by atomic mass is 10.2. The fourth-order valence-corrected chi connectivity index (χ4v) is 4.16. The fraction of sp³-hybridized carbons (Fsp3) is 0.167. The minimum Gasteiger partial charge on any atom is -0.493 e. The molecule has 0 bridgehead atoms. The van der Waals surface area contributed by atoms with Crippen molar-refractivity contribution < 1.29 is 14.3 Å². The molecule has 7 heteroatoms. The van der Waals surface area contributed by atoms with Gasteiger partial charge in [0.05, 0.1) is 23.0 Å². The molecular formula is C24H23BrN2O3S. The molecule has 1 amide bonds. The minimum absolute atomic E-state index is 0.168. The molecule has 0 aliphatic heterocycles. The highest BCUT2D eigenvalue weighted by atomic mass is 79.9. The van der Waals surface area contributed by atoms with E-state index >= 15 is 0 Å². The lowest BCUT2D eigenvalue weighted by molar-refractivity contribution is -0.120. The number of nitrogens with one attached hydrogen (secondary N) is 1. The predicted molar refractivity (Wildman–Crippen MR) is 129 cm³/mol. The summed E-state index contributed by atoms with van der Waals surface area (Å²) >= 11 is 5.02. The Morgan fingerprint density at radius 1 is 1.13 bits per heavy atom. The summed E-state index contributed by atoms with van der Waals surface area (Å²) in [7, 11) is 1.59. The fourth-order valence-electron chi connectivity index (χ4n) is 2.70. The number of carbonyl (C=O) groups excluding carboxylic acids is 1. The number of rotatable bonds is 9. The molecule has 0 spiro atoms. The van der Waals surface area contributed by atoms with E-state index in [2.05, 4.69) is 26.5 Å². The summed E-state index contributed by atoms with van der Waals surface area (Å²) in [5.74, 6) is 1.02. The molecule has 0 aliphatic rings. The second-order valence-electron chi connectivity index (χ2n) is 6.62. The molecule has 1 N–H and O–H groups in total. The highest BCUT2D eigenvalue weighted by molar-refractivity contribution is 9.10. The largest absolute Gasteiger partial charge is 0.493 e. The molecule has 1 atom stereocenters. The molecule has 0 aliphatic carbocycles. The van der Waals surface area contributed by atoms with Gasteiger partial charge >= 0.3 is 0 Å². The summed E-state index contributed by atoms with van der Waals surface area (Å²) in [5.41, 5.74) is 4.42. The van der Waals surface area contributed by atoms with Gasteiger partial charge in [-0.1, -0.05) is 48.5 Å². The van der Waals surface area contributed by atoms with Crippen LogP contribution in [0.4, 0.5) is 0 Å². The topological polar surface area (TPSA) is 59.9 Å². The highest BCUT2D eigenvalue weighted by Gasteiger charge is 2.14. The maximum atomic E-state index is 12.3. The predicted octanol–water partition coefficient (Wildman–Crippen LogP) is 5.67. The molecule has 160 valence electrons. The number of amides is 1. The van der Waals surface area contributed by atoms with E-state index < -0.39 is 0 Å². The van der Waals surface area contributed by atoms with Crippen molar-refractivity contribution in [2.75, 3.05) is 7.11 Å². The van der Waals surface area contributed by atoms with Crippen LogP contribution in [0.5, 0.6) is 11.5 Å². The average Bonchev–Trinajstić information content (AvgIpc) is 2.79. The van der Waals surface area contributed by atoms with Gasteiger partial charge in [-0.15, -0.1) is 11.8 Å². The Balaban J connectivity index is 1.61. The molecule has 0 fully saturated rings. The monoisotopic (exact) mass is 498 g/mol. The lowest BCUT2D eigenvalue weighted by Gasteiger charge is -2.13. The van der Waals surface area contributed by atoms with E-state index in [0.717, 1.165) is 20.5 Å². The summed E-state index contributed by atoms with van der Waals surface area (Å²) in [6, 6.07) is 23.4. The summed E-state index contributed by atoms with van der Waals surface area (Å²) in [6.45, 7) is 2.28.